The molecule has 0 saturated carbocycles. The second-order valence-corrected chi connectivity index (χ2v) is 5.94. The molecule has 0 aliphatic heterocycles. The van der Waals surface area contributed by atoms with Crippen LogP contribution in [-0.4, -0.2) is 16.9 Å². The fraction of sp³-hybridized carbons (Fsp3) is 0.0625. The van der Waals surface area contributed by atoms with E-state index in [9.17, 15) is 9.59 Å². The second kappa shape index (κ2) is 8.21. The predicted molar refractivity (Wildman–Crippen MR) is 98.5 cm³/mol. The van der Waals surface area contributed by atoms with Crippen LogP contribution in [0.5, 0.6) is 0 Å². The van der Waals surface area contributed by atoms with Gasteiger partial charge in [-0.3, -0.25) is 14.9 Å². The number of thiocarbonyl (C=S) groups is 1. The van der Waals surface area contributed by atoms with Crippen LogP contribution in [0.1, 0.15) is 11.8 Å². The third-order valence-electron chi connectivity index (χ3n) is 2.62. The van der Waals surface area contributed by atoms with Gasteiger partial charge in [0.25, 0.3) is 0 Å². The van der Waals surface area contributed by atoms with Crippen molar-refractivity contribution in [3.8, 4) is 0 Å². The van der Waals surface area contributed by atoms with Crippen molar-refractivity contribution in [1.29, 1.82) is 0 Å². The highest BCUT2D eigenvalue weighted by Gasteiger charge is 2.03. The van der Waals surface area contributed by atoms with E-state index in [-0.39, 0.29) is 16.9 Å². The molecule has 2 aromatic rings. The van der Waals surface area contributed by atoms with E-state index in [4.69, 9.17) is 12.2 Å². The van der Waals surface area contributed by atoms with Crippen LogP contribution in [-0.2, 0) is 9.59 Å². The largest absolute Gasteiger partial charge is 0.332 e. The predicted octanol–water partition coefficient (Wildman–Crippen LogP) is 3.23. The quantitative estimate of drug-likeness (QED) is 0.588. The molecular formula is C16H15N3O2S2. The van der Waals surface area contributed by atoms with Gasteiger partial charge >= 0.3 is 0 Å². The van der Waals surface area contributed by atoms with E-state index in [2.05, 4.69) is 16.0 Å². The molecule has 118 valence electrons. The molecule has 0 radical (unpaired) electrons. The van der Waals surface area contributed by atoms with Crippen molar-refractivity contribution in [2.45, 2.75) is 6.92 Å². The number of amides is 2. The zero-order valence-electron chi connectivity index (χ0n) is 12.3. The zero-order valence-corrected chi connectivity index (χ0v) is 14.0. The molecule has 0 fully saturated rings. The topological polar surface area (TPSA) is 70.2 Å². The maximum absolute atomic E-state index is 11.8. The van der Waals surface area contributed by atoms with Crippen molar-refractivity contribution in [1.82, 2.24) is 5.32 Å². The van der Waals surface area contributed by atoms with Gasteiger partial charge in [0, 0.05) is 29.3 Å². The number of thiophene rings is 1. The van der Waals surface area contributed by atoms with Crippen LogP contribution >= 0.6 is 23.6 Å². The first-order chi connectivity index (χ1) is 11.0. The highest BCUT2D eigenvalue weighted by molar-refractivity contribution is 7.80. The van der Waals surface area contributed by atoms with Gasteiger partial charge in [-0.25, -0.2) is 0 Å². The summed E-state index contributed by atoms with van der Waals surface area (Å²) >= 11 is 6.64. The molecule has 23 heavy (non-hydrogen) atoms. The maximum Gasteiger partial charge on any atom is 0.250 e. The summed E-state index contributed by atoms with van der Waals surface area (Å²) in [5.41, 5.74) is 1.32. The number of rotatable bonds is 4. The van der Waals surface area contributed by atoms with Crippen LogP contribution < -0.4 is 16.0 Å². The molecular weight excluding hydrogens is 330 g/mol. The Morgan fingerprint density at radius 2 is 1.87 bits per heavy atom. The number of hydrogen-bond acceptors (Lipinski definition) is 4. The molecule has 7 heteroatoms. The van der Waals surface area contributed by atoms with Crippen molar-refractivity contribution in [2.75, 3.05) is 10.6 Å². The highest BCUT2D eigenvalue weighted by atomic mass is 32.1. The van der Waals surface area contributed by atoms with Gasteiger partial charge in [0.15, 0.2) is 5.11 Å². The van der Waals surface area contributed by atoms with Gasteiger partial charge in [0.1, 0.15) is 0 Å². The summed E-state index contributed by atoms with van der Waals surface area (Å²) in [4.78, 5) is 23.8. The van der Waals surface area contributed by atoms with Crippen molar-refractivity contribution in [3.63, 3.8) is 0 Å². The molecule has 2 rings (SSSR count). The van der Waals surface area contributed by atoms with Crippen molar-refractivity contribution >= 4 is 57.9 Å². The highest BCUT2D eigenvalue weighted by Crippen LogP contribution is 2.15. The molecule has 0 atom stereocenters. The Morgan fingerprint density at radius 1 is 1.13 bits per heavy atom. The molecule has 5 nitrogen and oxygen atoms in total. The summed E-state index contributed by atoms with van der Waals surface area (Å²) in [5.74, 6) is -0.467. The van der Waals surface area contributed by atoms with Gasteiger partial charge < -0.3 is 10.6 Å². The molecule has 0 spiro atoms. The Bertz CT molecular complexity index is 740. The Kier molecular flexibility index (Phi) is 6.02. The monoisotopic (exact) mass is 345 g/mol. The van der Waals surface area contributed by atoms with Crippen molar-refractivity contribution < 1.29 is 9.59 Å². The zero-order chi connectivity index (χ0) is 16.7. The van der Waals surface area contributed by atoms with E-state index in [0.717, 1.165) is 4.88 Å². The Labute approximate surface area is 143 Å². The van der Waals surface area contributed by atoms with Crippen molar-refractivity contribution in [3.05, 3.63) is 52.7 Å². The van der Waals surface area contributed by atoms with Crippen LogP contribution in [0.2, 0.25) is 0 Å². The lowest BCUT2D eigenvalue weighted by Gasteiger charge is -2.09. The summed E-state index contributed by atoms with van der Waals surface area (Å²) in [5, 5.41) is 10.3. The van der Waals surface area contributed by atoms with Crippen molar-refractivity contribution in [2.24, 2.45) is 0 Å². The molecule has 3 N–H and O–H groups in total. The van der Waals surface area contributed by atoms with Gasteiger partial charge in [-0.1, -0.05) is 12.1 Å². The second-order valence-electron chi connectivity index (χ2n) is 4.55. The number of carbonyl (C=O) groups is 2. The number of carbonyl (C=O) groups excluding carboxylic acids is 2. The van der Waals surface area contributed by atoms with Gasteiger partial charge in [-0.05, 0) is 47.9 Å². The van der Waals surface area contributed by atoms with Crippen LogP contribution in [0.4, 0.5) is 11.4 Å². The van der Waals surface area contributed by atoms with Gasteiger partial charge in [-0.2, -0.15) is 0 Å². The first kappa shape index (κ1) is 16.9. The summed E-state index contributed by atoms with van der Waals surface area (Å²) in [6, 6.07) is 10.9. The maximum atomic E-state index is 11.8. The molecule has 1 aromatic heterocycles. The molecule has 0 aliphatic rings. The minimum Gasteiger partial charge on any atom is -0.332 e. The van der Waals surface area contributed by atoms with Crippen LogP contribution in [0.3, 0.4) is 0 Å². The standard InChI is InChI=1S/C16H15N3O2S2/c1-11(20)17-12-4-2-5-13(10-12)18-16(22)19-15(21)8-7-14-6-3-9-23-14/h2-10H,1H3,(H,17,20)(H2,18,19,21,22)/b8-7+. The van der Waals surface area contributed by atoms with E-state index in [1.165, 1.54) is 13.0 Å². The Hall–Kier alpha value is -2.51. The molecule has 0 bridgehead atoms. The molecule has 0 unspecified atom stereocenters. The first-order valence-corrected chi connectivity index (χ1v) is 8.03. The Morgan fingerprint density at radius 3 is 2.52 bits per heavy atom. The summed E-state index contributed by atoms with van der Waals surface area (Å²) in [6.45, 7) is 1.44. The minimum atomic E-state index is -0.311. The lowest BCUT2D eigenvalue weighted by atomic mass is 10.3. The molecule has 2 amide bonds. The summed E-state index contributed by atoms with van der Waals surface area (Å²) in [6.07, 6.45) is 3.15. The van der Waals surface area contributed by atoms with E-state index in [1.807, 2.05) is 17.5 Å². The van der Waals surface area contributed by atoms with Gasteiger partial charge in [0.05, 0.1) is 0 Å². The lowest BCUT2D eigenvalue weighted by molar-refractivity contribution is -0.115. The van der Waals surface area contributed by atoms with Crippen LogP contribution in [0.15, 0.2) is 47.9 Å². The number of hydrogen-bond donors (Lipinski definition) is 3. The minimum absolute atomic E-state index is 0.156. The fourth-order valence-electron chi connectivity index (χ4n) is 1.74. The SMILES string of the molecule is CC(=O)Nc1cccc(NC(=S)NC(=O)/C=C/c2cccs2)c1. The average Bonchev–Trinajstić information content (AvgIpc) is 2.98. The van der Waals surface area contributed by atoms with E-state index in [0.29, 0.717) is 11.4 Å². The summed E-state index contributed by atoms with van der Waals surface area (Å²) < 4.78 is 0. The number of benzene rings is 1. The van der Waals surface area contributed by atoms with Crippen LogP contribution in [0.25, 0.3) is 6.08 Å². The molecule has 0 saturated heterocycles. The number of anilines is 2. The molecule has 0 aliphatic carbocycles. The van der Waals surface area contributed by atoms with Gasteiger partial charge in [0.2, 0.25) is 11.8 Å². The smallest absolute Gasteiger partial charge is 0.250 e. The van der Waals surface area contributed by atoms with E-state index < -0.39 is 0 Å². The Balaban J connectivity index is 1.89. The van der Waals surface area contributed by atoms with E-state index in [1.54, 1.807) is 41.7 Å². The normalized spacial score (nSPS) is 10.3. The van der Waals surface area contributed by atoms with Crippen LogP contribution in [0, 0.1) is 0 Å². The average molecular weight is 345 g/mol. The molecule has 1 aromatic carbocycles. The third kappa shape index (κ3) is 6.01. The first-order valence-electron chi connectivity index (χ1n) is 6.74. The lowest BCUT2D eigenvalue weighted by Crippen LogP contribution is -2.32. The molecule has 1 heterocycles. The number of nitrogens with one attached hydrogen (secondary N) is 3. The van der Waals surface area contributed by atoms with Gasteiger partial charge in [-0.15, -0.1) is 11.3 Å². The third-order valence-corrected chi connectivity index (χ3v) is 3.66. The fourth-order valence-corrected chi connectivity index (χ4v) is 2.57. The van der Waals surface area contributed by atoms with E-state index >= 15 is 0 Å². The summed E-state index contributed by atoms with van der Waals surface area (Å²) in [7, 11) is 0.